The minimum Gasteiger partial charge on any atom is -0.457 e. The Hall–Kier alpha value is -5.16. The van der Waals surface area contributed by atoms with E-state index in [-0.39, 0.29) is 5.41 Å². The van der Waals surface area contributed by atoms with Gasteiger partial charge in [0.2, 0.25) is 0 Å². The van der Waals surface area contributed by atoms with Crippen LogP contribution in [0.15, 0.2) is 109 Å². The van der Waals surface area contributed by atoms with E-state index in [0.29, 0.717) is 0 Å². The monoisotopic (exact) mass is 618 g/mol. The van der Waals surface area contributed by atoms with Crippen molar-refractivity contribution in [2.45, 2.75) is 60.8 Å². The van der Waals surface area contributed by atoms with Gasteiger partial charge < -0.3 is 4.74 Å². The summed E-state index contributed by atoms with van der Waals surface area (Å²) in [6.45, 7) is 13.3. The molecular formula is C42H42N4O. The largest absolute Gasteiger partial charge is 0.457 e. The Morgan fingerprint density at radius 3 is 2.32 bits per heavy atom. The molecule has 5 heteroatoms. The molecule has 0 N–H and O–H groups in total. The second kappa shape index (κ2) is 12.2. The number of ether oxygens (including phenoxy) is 1. The highest BCUT2D eigenvalue weighted by Gasteiger charge is 2.18. The average Bonchev–Trinajstić information content (AvgIpc) is 3.53. The second-order valence-corrected chi connectivity index (χ2v) is 13.8. The van der Waals surface area contributed by atoms with Crippen LogP contribution < -0.4 is 4.74 Å². The molecule has 7 aromatic rings. The third-order valence-corrected chi connectivity index (χ3v) is 8.77. The Morgan fingerprint density at radius 2 is 1.53 bits per heavy atom. The maximum absolute atomic E-state index is 6.57. The van der Waals surface area contributed by atoms with Gasteiger partial charge in [0.15, 0.2) is 0 Å². The SMILES string of the molecule is CCCc1ccnc(-n2c3ccc(CC(C)(C)C)cc3c3ccc(Oc4cccc(-n5nc(C)c(-c6ccccc6)c5C)c4)cc32)c1. The van der Waals surface area contributed by atoms with Gasteiger partial charge in [-0.15, -0.1) is 0 Å². The van der Waals surface area contributed by atoms with Gasteiger partial charge in [-0.05, 0) is 97.3 Å². The lowest BCUT2D eigenvalue weighted by Gasteiger charge is -2.18. The second-order valence-electron chi connectivity index (χ2n) is 13.8. The number of aryl methyl sites for hydroxylation is 2. The molecule has 47 heavy (non-hydrogen) atoms. The first-order chi connectivity index (χ1) is 22.7. The molecule has 0 amide bonds. The molecule has 0 aliphatic rings. The van der Waals surface area contributed by atoms with Gasteiger partial charge >= 0.3 is 0 Å². The van der Waals surface area contributed by atoms with Gasteiger partial charge in [-0.1, -0.05) is 76.6 Å². The minimum atomic E-state index is 0.203. The van der Waals surface area contributed by atoms with Crippen LogP contribution in [0, 0.1) is 19.3 Å². The Labute approximate surface area is 277 Å². The number of fused-ring (bicyclic) bond motifs is 3. The van der Waals surface area contributed by atoms with Crippen molar-refractivity contribution in [1.82, 2.24) is 19.3 Å². The molecule has 0 fully saturated rings. The Balaban J connectivity index is 1.30. The van der Waals surface area contributed by atoms with Gasteiger partial charge in [0.05, 0.1) is 22.4 Å². The molecule has 3 aromatic heterocycles. The summed E-state index contributed by atoms with van der Waals surface area (Å²) >= 11 is 0. The molecule has 0 aliphatic heterocycles. The van der Waals surface area contributed by atoms with E-state index in [4.69, 9.17) is 14.8 Å². The number of pyridine rings is 1. The maximum atomic E-state index is 6.57. The number of hydrogen-bond acceptors (Lipinski definition) is 3. The zero-order valence-corrected chi connectivity index (χ0v) is 28.2. The molecule has 0 bridgehead atoms. The van der Waals surface area contributed by atoms with E-state index in [1.54, 1.807) is 0 Å². The van der Waals surface area contributed by atoms with Gasteiger partial charge in [-0.2, -0.15) is 5.10 Å². The first-order valence-corrected chi connectivity index (χ1v) is 16.6. The van der Waals surface area contributed by atoms with E-state index >= 15 is 0 Å². The molecule has 0 saturated carbocycles. The Morgan fingerprint density at radius 1 is 0.723 bits per heavy atom. The summed E-state index contributed by atoms with van der Waals surface area (Å²) in [7, 11) is 0. The molecule has 3 heterocycles. The summed E-state index contributed by atoms with van der Waals surface area (Å²) in [5.41, 5.74) is 10.5. The van der Waals surface area contributed by atoms with Crippen molar-refractivity contribution < 1.29 is 4.74 Å². The molecule has 0 radical (unpaired) electrons. The van der Waals surface area contributed by atoms with Crippen molar-refractivity contribution in [1.29, 1.82) is 0 Å². The average molecular weight is 619 g/mol. The van der Waals surface area contributed by atoms with Gasteiger partial charge in [0.1, 0.15) is 17.3 Å². The minimum absolute atomic E-state index is 0.203. The zero-order valence-electron chi connectivity index (χ0n) is 28.2. The van der Waals surface area contributed by atoms with E-state index in [0.717, 1.165) is 70.3 Å². The highest BCUT2D eigenvalue weighted by Crippen LogP contribution is 2.37. The highest BCUT2D eigenvalue weighted by atomic mass is 16.5. The number of benzene rings is 4. The lowest BCUT2D eigenvalue weighted by Crippen LogP contribution is -2.08. The van der Waals surface area contributed by atoms with Crippen molar-refractivity contribution in [2.24, 2.45) is 5.41 Å². The van der Waals surface area contributed by atoms with E-state index in [2.05, 4.69) is 131 Å². The van der Waals surface area contributed by atoms with E-state index in [1.165, 1.54) is 27.5 Å². The summed E-state index contributed by atoms with van der Waals surface area (Å²) < 4.78 is 10.9. The van der Waals surface area contributed by atoms with Crippen LogP contribution >= 0.6 is 0 Å². The van der Waals surface area contributed by atoms with Gasteiger partial charge in [-0.25, -0.2) is 9.67 Å². The standard InChI is InChI=1S/C42H42N4O/c1-7-12-30-21-22-43-40(24-30)45-38-20-17-31(27-42(4,5)6)23-37(38)36-19-18-35(26-39(36)45)47-34-16-11-15-33(25-34)46-29(3)41(28(2)44-46)32-13-9-8-10-14-32/h8-11,13-26H,7,12,27H2,1-6H3. The normalized spacial score (nSPS) is 11.9. The molecule has 0 saturated heterocycles. The highest BCUT2D eigenvalue weighted by molar-refractivity contribution is 6.09. The number of nitrogens with zero attached hydrogens (tertiary/aromatic N) is 4. The van der Waals surface area contributed by atoms with Crippen LogP contribution in [0.5, 0.6) is 11.5 Å². The fourth-order valence-electron chi connectivity index (χ4n) is 6.84. The van der Waals surface area contributed by atoms with Crippen molar-refractivity contribution in [3.05, 3.63) is 132 Å². The molecule has 5 nitrogen and oxygen atoms in total. The summed E-state index contributed by atoms with van der Waals surface area (Å²) in [6.07, 6.45) is 5.06. The quantitative estimate of drug-likeness (QED) is 0.170. The number of rotatable bonds is 8. The van der Waals surface area contributed by atoms with Crippen molar-refractivity contribution >= 4 is 21.8 Å². The van der Waals surface area contributed by atoms with E-state index < -0.39 is 0 Å². The summed E-state index contributed by atoms with van der Waals surface area (Å²) in [5.74, 6) is 2.46. The van der Waals surface area contributed by atoms with Crippen LogP contribution in [-0.2, 0) is 12.8 Å². The van der Waals surface area contributed by atoms with Crippen LogP contribution in [0.4, 0.5) is 0 Å². The summed E-state index contributed by atoms with van der Waals surface area (Å²) in [5, 5.41) is 7.34. The fourth-order valence-corrected chi connectivity index (χ4v) is 6.84. The van der Waals surface area contributed by atoms with Crippen LogP contribution in [0.3, 0.4) is 0 Å². The number of hydrogen-bond donors (Lipinski definition) is 0. The van der Waals surface area contributed by atoms with Crippen LogP contribution in [0.2, 0.25) is 0 Å². The summed E-state index contributed by atoms with van der Waals surface area (Å²) in [6, 6.07) is 36.3. The topological polar surface area (TPSA) is 44.9 Å². The smallest absolute Gasteiger partial charge is 0.137 e. The van der Waals surface area contributed by atoms with E-state index in [9.17, 15) is 0 Å². The van der Waals surface area contributed by atoms with Gasteiger partial charge in [0, 0.05) is 40.4 Å². The van der Waals surface area contributed by atoms with Crippen molar-refractivity contribution in [3.63, 3.8) is 0 Å². The van der Waals surface area contributed by atoms with Crippen molar-refractivity contribution in [2.75, 3.05) is 0 Å². The molecule has 0 aliphatic carbocycles. The molecule has 0 unspecified atom stereocenters. The molecule has 236 valence electrons. The molecule has 7 rings (SSSR count). The van der Waals surface area contributed by atoms with E-state index in [1.807, 2.05) is 29.1 Å². The molecule has 4 aromatic carbocycles. The fraction of sp³-hybridized carbons (Fsp3) is 0.238. The van der Waals surface area contributed by atoms with Gasteiger partial charge in [-0.3, -0.25) is 4.57 Å². The zero-order chi connectivity index (χ0) is 32.7. The Bertz CT molecular complexity index is 2220. The van der Waals surface area contributed by atoms with Crippen molar-refractivity contribution in [3.8, 4) is 34.1 Å². The predicted octanol–water partition coefficient (Wildman–Crippen LogP) is 11.0. The van der Waals surface area contributed by atoms with Gasteiger partial charge in [0.25, 0.3) is 0 Å². The number of aromatic nitrogens is 4. The molecular weight excluding hydrogens is 576 g/mol. The Kier molecular flexibility index (Phi) is 7.93. The summed E-state index contributed by atoms with van der Waals surface area (Å²) in [4.78, 5) is 4.86. The first-order valence-electron chi connectivity index (χ1n) is 16.6. The third-order valence-electron chi connectivity index (χ3n) is 8.77. The lowest BCUT2D eigenvalue weighted by atomic mass is 9.88. The molecule has 0 spiro atoms. The van der Waals surface area contributed by atoms with Crippen LogP contribution in [0.25, 0.3) is 44.4 Å². The third kappa shape index (κ3) is 6.06. The molecule has 0 atom stereocenters. The maximum Gasteiger partial charge on any atom is 0.137 e. The predicted molar refractivity (Wildman–Crippen MR) is 194 cm³/mol. The first kappa shape index (κ1) is 30.5. The van der Waals surface area contributed by atoms with Crippen LogP contribution in [0.1, 0.15) is 56.6 Å². The lowest BCUT2D eigenvalue weighted by molar-refractivity contribution is 0.411. The van der Waals surface area contributed by atoms with Crippen LogP contribution in [-0.4, -0.2) is 19.3 Å².